The van der Waals surface area contributed by atoms with Gasteiger partial charge in [-0.3, -0.25) is 0 Å². The number of aryl methyl sites for hydroxylation is 1. The lowest BCUT2D eigenvalue weighted by Gasteiger charge is -2.04. The number of hydrogen-bond donors (Lipinski definition) is 1. The van der Waals surface area contributed by atoms with Crippen molar-refractivity contribution in [3.63, 3.8) is 0 Å². The van der Waals surface area contributed by atoms with Gasteiger partial charge in [-0.2, -0.15) is 0 Å². The van der Waals surface area contributed by atoms with E-state index in [0.717, 1.165) is 36.8 Å². The van der Waals surface area contributed by atoms with Crippen LogP contribution in [0.25, 0.3) is 0 Å². The molecule has 0 spiro atoms. The van der Waals surface area contributed by atoms with Gasteiger partial charge in [-0.05, 0) is 49.7 Å². The summed E-state index contributed by atoms with van der Waals surface area (Å²) < 4.78 is 10.6. The van der Waals surface area contributed by atoms with Gasteiger partial charge in [-0.25, -0.2) is 0 Å². The Hall–Kier alpha value is -1.74. The molecule has 0 saturated heterocycles. The molecule has 18 heavy (non-hydrogen) atoms. The Morgan fingerprint density at radius 2 is 1.89 bits per heavy atom. The van der Waals surface area contributed by atoms with E-state index in [4.69, 9.17) is 9.15 Å². The van der Waals surface area contributed by atoms with E-state index in [1.165, 1.54) is 5.56 Å². The second kappa shape index (κ2) is 6.26. The molecule has 3 nitrogen and oxygen atoms in total. The minimum absolute atomic E-state index is 0.782. The highest BCUT2D eigenvalue weighted by molar-refractivity contribution is 5.27. The van der Waals surface area contributed by atoms with Crippen molar-refractivity contribution in [1.29, 1.82) is 0 Å². The third kappa shape index (κ3) is 3.64. The fourth-order valence-electron chi connectivity index (χ4n) is 1.82. The molecule has 1 heterocycles. The third-order valence-corrected chi connectivity index (χ3v) is 2.84. The lowest BCUT2D eigenvalue weighted by Crippen LogP contribution is -2.16. The van der Waals surface area contributed by atoms with Gasteiger partial charge in [0, 0.05) is 0 Å². The summed E-state index contributed by atoms with van der Waals surface area (Å²) in [5, 5.41) is 3.37. The van der Waals surface area contributed by atoms with Crippen LogP contribution in [-0.2, 0) is 13.0 Å². The maximum Gasteiger partial charge on any atom is 0.118 e. The average Bonchev–Trinajstić information content (AvgIpc) is 2.81. The number of benzene rings is 1. The Morgan fingerprint density at radius 3 is 2.50 bits per heavy atom. The highest BCUT2D eigenvalue weighted by atomic mass is 16.5. The van der Waals surface area contributed by atoms with E-state index >= 15 is 0 Å². The second-order valence-corrected chi connectivity index (χ2v) is 4.29. The molecule has 0 fully saturated rings. The molecular formula is C15H19NO2. The smallest absolute Gasteiger partial charge is 0.118 e. The fourth-order valence-corrected chi connectivity index (χ4v) is 1.82. The third-order valence-electron chi connectivity index (χ3n) is 2.84. The van der Waals surface area contributed by atoms with E-state index in [2.05, 4.69) is 17.4 Å². The van der Waals surface area contributed by atoms with E-state index in [1.54, 1.807) is 7.11 Å². The Balaban J connectivity index is 1.71. The zero-order valence-electron chi connectivity index (χ0n) is 10.9. The topological polar surface area (TPSA) is 34.4 Å². The molecule has 1 aromatic carbocycles. The number of methoxy groups -OCH3 is 1. The number of ether oxygens (including phenoxy) is 1. The van der Waals surface area contributed by atoms with Gasteiger partial charge in [0.2, 0.25) is 0 Å². The number of furan rings is 1. The summed E-state index contributed by atoms with van der Waals surface area (Å²) in [5.74, 6) is 2.85. The molecule has 96 valence electrons. The molecule has 3 heteroatoms. The Kier molecular flexibility index (Phi) is 4.42. The van der Waals surface area contributed by atoms with E-state index in [-0.39, 0.29) is 0 Å². The van der Waals surface area contributed by atoms with Crippen molar-refractivity contribution in [3.05, 3.63) is 53.5 Å². The molecule has 0 aliphatic rings. The van der Waals surface area contributed by atoms with Crippen molar-refractivity contribution in [2.45, 2.75) is 19.9 Å². The molecule has 2 rings (SSSR count). The molecular weight excluding hydrogens is 226 g/mol. The van der Waals surface area contributed by atoms with Gasteiger partial charge in [0.05, 0.1) is 13.7 Å². The molecule has 0 aliphatic heterocycles. The minimum atomic E-state index is 0.782. The van der Waals surface area contributed by atoms with Crippen molar-refractivity contribution >= 4 is 0 Å². The van der Waals surface area contributed by atoms with Crippen LogP contribution in [0, 0.1) is 6.92 Å². The number of hydrogen-bond acceptors (Lipinski definition) is 3. The Bertz CT molecular complexity index is 473. The summed E-state index contributed by atoms with van der Waals surface area (Å²) >= 11 is 0. The summed E-state index contributed by atoms with van der Waals surface area (Å²) in [6, 6.07) is 12.2. The van der Waals surface area contributed by atoms with Crippen molar-refractivity contribution in [3.8, 4) is 5.75 Å². The summed E-state index contributed by atoms with van der Waals surface area (Å²) in [4.78, 5) is 0. The van der Waals surface area contributed by atoms with Crippen LogP contribution in [0.3, 0.4) is 0 Å². The normalized spacial score (nSPS) is 10.6. The van der Waals surface area contributed by atoms with Gasteiger partial charge in [0.15, 0.2) is 0 Å². The minimum Gasteiger partial charge on any atom is -0.497 e. The van der Waals surface area contributed by atoms with E-state index < -0.39 is 0 Å². The number of nitrogens with one attached hydrogen (secondary N) is 1. The zero-order chi connectivity index (χ0) is 12.8. The van der Waals surface area contributed by atoms with Crippen LogP contribution >= 0.6 is 0 Å². The molecule has 0 radical (unpaired) electrons. The molecule has 1 N–H and O–H groups in total. The maximum atomic E-state index is 5.49. The van der Waals surface area contributed by atoms with Crippen LogP contribution in [0.4, 0.5) is 0 Å². The molecule has 0 amide bonds. The van der Waals surface area contributed by atoms with Gasteiger partial charge >= 0.3 is 0 Å². The predicted molar refractivity (Wildman–Crippen MR) is 71.8 cm³/mol. The van der Waals surface area contributed by atoms with Gasteiger partial charge in [-0.15, -0.1) is 0 Å². The van der Waals surface area contributed by atoms with Gasteiger partial charge in [0.1, 0.15) is 17.3 Å². The summed E-state index contributed by atoms with van der Waals surface area (Å²) in [6.45, 7) is 3.68. The molecule has 0 aliphatic carbocycles. The summed E-state index contributed by atoms with van der Waals surface area (Å²) in [7, 11) is 1.68. The van der Waals surface area contributed by atoms with Crippen LogP contribution in [-0.4, -0.2) is 13.7 Å². The molecule has 0 saturated carbocycles. The first-order valence-electron chi connectivity index (χ1n) is 6.17. The van der Waals surface area contributed by atoms with E-state index in [0.29, 0.717) is 0 Å². The Labute approximate surface area is 108 Å². The Morgan fingerprint density at radius 1 is 1.11 bits per heavy atom. The monoisotopic (exact) mass is 245 g/mol. The van der Waals surface area contributed by atoms with Gasteiger partial charge in [0.25, 0.3) is 0 Å². The predicted octanol–water partition coefficient (Wildman–Crippen LogP) is 2.93. The fraction of sp³-hybridized carbons (Fsp3) is 0.333. The first-order chi connectivity index (χ1) is 8.78. The lowest BCUT2D eigenvalue weighted by molar-refractivity contribution is 0.414. The largest absolute Gasteiger partial charge is 0.497 e. The zero-order valence-corrected chi connectivity index (χ0v) is 10.9. The van der Waals surface area contributed by atoms with Crippen LogP contribution < -0.4 is 10.1 Å². The maximum absolute atomic E-state index is 5.49. The first-order valence-corrected chi connectivity index (χ1v) is 6.17. The van der Waals surface area contributed by atoms with Crippen molar-refractivity contribution in [2.75, 3.05) is 13.7 Å². The van der Waals surface area contributed by atoms with Crippen LogP contribution in [0.5, 0.6) is 5.75 Å². The van der Waals surface area contributed by atoms with Crippen molar-refractivity contribution in [2.24, 2.45) is 0 Å². The van der Waals surface area contributed by atoms with E-state index in [9.17, 15) is 0 Å². The van der Waals surface area contributed by atoms with Crippen LogP contribution in [0.15, 0.2) is 40.8 Å². The molecule has 1 aromatic heterocycles. The molecule has 0 atom stereocenters. The summed E-state index contributed by atoms with van der Waals surface area (Å²) in [5.41, 5.74) is 1.30. The second-order valence-electron chi connectivity index (χ2n) is 4.29. The molecule has 0 bridgehead atoms. The highest BCUT2D eigenvalue weighted by Crippen LogP contribution is 2.11. The number of rotatable bonds is 6. The van der Waals surface area contributed by atoms with Crippen LogP contribution in [0.2, 0.25) is 0 Å². The van der Waals surface area contributed by atoms with E-state index in [1.807, 2.05) is 31.2 Å². The molecule has 2 aromatic rings. The first kappa shape index (κ1) is 12.7. The SMILES string of the molecule is COc1ccc(CCNCc2ccc(C)o2)cc1. The quantitative estimate of drug-likeness (QED) is 0.795. The van der Waals surface area contributed by atoms with Crippen molar-refractivity contribution in [1.82, 2.24) is 5.32 Å². The standard InChI is InChI=1S/C15H19NO2/c1-12-3-6-15(18-12)11-16-10-9-13-4-7-14(17-2)8-5-13/h3-8,16H,9-11H2,1-2H3. The highest BCUT2D eigenvalue weighted by Gasteiger charge is 1.98. The van der Waals surface area contributed by atoms with Gasteiger partial charge < -0.3 is 14.5 Å². The molecule has 0 unspecified atom stereocenters. The lowest BCUT2D eigenvalue weighted by atomic mass is 10.1. The van der Waals surface area contributed by atoms with Gasteiger partial charge in [-0.1, -0.05) is 12.1 Å². The van der Waals surface area contributed by atoms with Crippen LogP contribution in [0.1, 0.15) is 17.1 Å². The van der Waals surface area contributed by atoms with Crippen molar-refractivity contribution < 1.29 is 9.15 Å². The average molecular weight is 245 g/mol. The summed E-state index contributed by atoms with van der Waals surface area (Å²) in [6.07, 6.45) is 1.00.